The van der Waals surface area contributed by atoms with E-state index >= 15 is 0 Å². The first-order chi connectivity index (χ1) is 12.7. The molecule has 26 heavy (non-hydrogen) atoms. The first-order valence-electron chi connectivity index (χ1n) is 8.60. The first kappa shape index (κ1) is 16.7. The maximum Gasteiger partial charge on any atom is 0.272 e. The summed E-state index contributed by atoms with van der Waals surface area (Å²) < 4.78 is 10.7. The van der Waals surface area contributed by atoms with Crippen molar-refractivity contribution in [2.75, 3.05) is 26.8 Å². The predicted molar refractivity (Wildman–Crippen MR) is 94.8 cm³/mol. The number of carbonyl (C=O) groups is 1. The van der Waals surface area contributed by atoms with E-state index in [0.717, 1.165) is 10.9 Å². The number of benzene rings is 1. The summed E-state index contributed by atoms with van der Waals surface area (Å²) in [5.74, 6) is 1.16. The third-order valence-electron chi connectivity index (χ3n) is 4.79. The summed E-state index contributed by atoms with van der Waals surface area (Å²) in [5.41, 5.74) is 1.26. The van der Waals surface area contributed by atoms with Crippen LogP contribution in [0.4, 0.5) is 0 Å². The number of carbonyl (C=O) groups excluding carboxylic acids is 1. The summed E-state index contributed by atoms with van der Waals surface area (Å²) in [6, 6.07) is 11.5. The molecule has 1 saturated heterocycles. The van der Waals surface area contributed by atoms with Crippen molar-refractivity contribution in [3.63, 3.8) is 0 Å². The lowest BCUT2D eigenvalue weighted by atomic mass is 9.97. The molecular formula is C19H20N4O3. The Hall–Kier alpha value is -2.80. The highest BCUT2D eigenvalue weighted by molar-refractivity contribution is 5.95. The zero-order valence-corrected chi connectivity index (χ0v) is 14.8. The molecule has 7 heteroatoms. The van der Waals surface area contributed by atoms with Gasteiger partial charge in [0.15, 0.2) is 5.82 Å². The van der Waals surface area contributed by atoms with Crippen LogP contribution in [-0.2, 0) is 4.74 Å². The second kappa shape index (κ2) is 6.84. The number of hydrogen-bond acceptors (Lipinski definition) is 6. The second-order valence-electron chi connectivity index (χ2n) is 6.60. The molecule has 0 unspecified atom stereocenters. The van der Waals surface area contributed by atoms with E-state index in [0.29, 0.717) is 37.1 Å². The fourth-order valence-electron chi connectivity index (χ4n) is 3.51. The van der Waals surface area contributed by atoms with Crippen LogP contribution >= 0.6 is 0 Å². The van der Waals surface area contributed by atoms with Gasteiger partial charge < -0.3 is 14.2 Å². The predicted octanol–water partition coefficient (Wildman–Crippen LogP) is 2.43. The van der Waals surface area contributed by atoms with Crippen LogP contribution in [0.15, 0.2) is 40.9 Å². The molecule has 2 atom stereocenters. The third kappa shape index (κ3) is 3.06. The van der Waals surface area contributed by atoms with Gasteiger partial charge in [0.1, 0.15) is 5.69 Å². The zero-order chi connectivity index (χ0) is 18.1. The molecule has 0 radical (unpaired) electrons. The minimum absolute atomic E-state index is 0.0273. The molecule has 134 valence electrons. The molecule has 0 saturated carbocycles. The average Bonchev–Trinajstić information content (AvgIpc) is 3.27. The number of aromatic nitrogens is 3. The van der Waals surface area contributed by atoms with Crippen molar-refractivity contribution in [2.45, 2.75) is 12.8 Å². The highest BCUT2D eigenvalue weighted by Gasteiger charge is 2.39. The monoisotopic (exact) mass is 352 g/mol. The van der Waals surface area contributed by atoms with E-state index in [1.54, 1.807) is 25.0 Å². The highest BCUT2D eigenvalue weighted by Crippen LogP contribution is 2.32. The van der Waals surface area contributed by atoms with Gasteiger partial charge in [0.05, 0.1) is 18.0 Å². The Balaban J connectivity index is 1.59. The summed E-state index contributed by atoms with van der Waals surface area (Å²) >= 11 is 0. The van der Waals surface area contributed by atoms with Crippen molar-refractivity contribution >= 4 is 16.8 Å². The number of likely N-dealkylation sites (tertiary alicyclic amines) is 1. The van der Waals surface area contributed by atoms with E-state index in [1.165, 1.54) is 0 Å². The van der Waals surface area contributed by atoms with Gasteiger partial charge >= 0.3 is 0 Å². The van der Waals surface area contributed by atoms with Gasteiger partial charge in [-0.05, 0) is 19.1 Å². The van der Waals surface area contributed by atoms with Gasteiger partial charge in [-0.15, -0.1) is 0 Å². The van der Waals surface area contributed by atoms with Crippen LogP contribution in [0.1, 0.15) is 28.1 Å². The Morgan fingerprint density at radius 1 is 1.23 bits per heavy atom. The highest BCUT2D eigenvalue weighted by atomic mass is 16.5. The average molecular weight is 352 g/mol. The van der Waals surface area contributed by atoms with Gasteiger partial charge in [-0.3, -0.25) is 4.79 Å². The summed E-state index contributed by atoms with van der Waals surface area (Å²) in [7, 11) is 1.66. The number of nitrogens with zero attached hydrogens (tertiary/aromatic N) is 4. The number of amides is 1. The SMILES string of the molecule is COC[C@@H]1CN(C(=O)c2ccc3ccccc3n2)C[C@H]1c1nc(C)no1. The maximum absolute atomic E-state index is 13.0. The quantitative estimate of drug-likeness (QED) is 0.717. The molecule has 7 nitrogen and oxygen atoms in total. The van der Waals surface area contributed by atoms with Crippen molar-refractivity contribution in [1.82, 2.24) is 20.0 Å². The van der Waals surface area contributed by atoms with Crippen LogP contribution in [0.25, 0.3) is 10.9 Å². The summed E-state index contributed by atoms with van der Waals surface area (Å²) in [5, 5.41) is 4.89. The molecule has 1 aliphatic heterocycles. The fourth-order valence-corrected chi connectivity index (χ4v) is 3.51. The Morgan fingerprint density at radius 2 is 2.08 bits per heavy atom. The van der Waals surface area contributed by atoms with Crippen LogP contribution in [0.2, 0.25) is 0 Å². The molecule has 0 aliphatic carbocycles. The van der Waals surface area contributed by atoms with Gasteiger partial charge in [0, 0.05) is 31.5 Å². The molecular weight excluding hydrogens is 332 g/mol. The Kier molecular flexibility index (Phi) is 4.38. The largest absolute Gasteiger partial charge is 0.384 e. The van der Waals surface area contributed by atoms with E-state index in [9.17, 15) is 4.79 Å². The topological polar surface area (TPSA) is 81.4 Å². The Labute approximate surface area is 151 Å². The maximum atomic E-state index is 13.0. The molecule has 0 N–H and O–H groups in total. The number of fused-ring (bicyclic) bond motifs is 1. The smallest absolute Gasteiger partial charge is 0.272 e. The molecule has 0 bridgehead atoms. The molecule has 3 aromatic rings. The van der Waals surface area contributed by atoms with Crippen molar-refractivity contribution in [3.05, 3.63) is 53.8 Å². The number of methoxy groups -OCH3 is 1. The molecule has 1 aliphatic rings. The van der Waals surface area contributed by atoms with Crippen LogP contribution < -0.4 is 0 Å². The molecule has 1 amide bonds. The van der Waals surface area contributed by atoms with Crippen LogP contribution in [0.5, 0.6) is 0 Å². The summed E-state index contributed by atoms with van der Waals surface area (Å²) in [4.78, 5) is 23.6. The number of pyridine rings is 1. The van der Waals surface area contributed by atoms with E-state index < -0.39 is 0 Å². The molecule has 0 spiro atoms. The Bertz CT molecular complexity index is 939. The van der Waals surface area contributed by atoms with Crippen LogP contribution in [-0.4, -0.2) is 52.7 Å². The normalized spacial score (nSPS) is 20.0. The lowest BCUT2D eigenvalue weighted by molar-refractivity contribution is 0.0770. The summed E-state index contributed by atoms with van der Waals surface area (Å²) in [6.07, 6.45) is 0. The van der Waals surface area contributed by atoms with E-state index in [-0.39, 0.29) is 17.7 Å². The number of ether oxygens (including phenoxy) is 1. The van der Waals surface area contributed by atoms with Gasteiger partial charge in [0.25, 0.3) is 5.91 Å². The number of aryl methyl sites for hydroxylation is 1. The minimum atomic E-state index is -0.0874. The van der Waals surface area contributed by atoms with E-state index in [1.807, 2.05) is 30.3 Å². The van der Waals surface area contributed by atoms with Crippen molar-refractivity contribution in [2.24, 2.45) is 5.92 Å². The standard InChI is InChI=1S/C19H20N4O3/c1-12-20-18(26-22-12)15-10-23(9-14(15)11-25-2)19(24)17-8-7-13-5-3-4-6-16(13)21-17/h3-8,14-15H,9-11H2,1-2H3/t14-,15+/m0/s1. The number of hydrogen-bond donors (Lipinski definition) is 0. The second-order valence-corrected chi connectivity index (χ2v) is 6.60. The minimum Gasteiger partial charge on any atom is -0.384 e. The van der Waals surface area contributed by atoms with Gasteiger partial charge in [-0.2, -0.15) is 4.98 Å². The number of para-hydroxylation sites is 1. The zero-order valence-electron chi connectivity index (χ0n) is 14.8. The Morgan fingerprint density at radius 3 is 2.85 bits per heavy atom. The van der Waals surface area contributed by atoms with Crippen molar-refractivity contribution < 1.29 is 14.1 Å². The first-order valence-corrected chi connectivity index (χ1v) is 8.60. The van der Waals surface area contributed by atoms with Crippen molar-refractivity contribution in [1.29, 1.82) is 0 Å². The molecule has 3 heterocycles. The van der Waals surface area contributed by atoms with Gasteiger partial charge in [-0.25, -0.2) is 4.98 Å². The molecule has 2 aromatic heterocycles. The fraction of sp³-hybridized carbons (Fsp3) is 0.368. The van der Waals surface area contributed by atoms with E-state index in [4.69, 9.17) is 9.26 Å². The van der Waals surface area contributed by atoms with Gasteiger partial charge in [0.2, 0.25) is 5.89 Å². The lowest BCUT2D eigenvalue weighted by Gasteiger charge is -2.16. The molecule has 4 rings (SSSR count). The third-order valence-corrected chi connectivity index (χ3v) is 4.79. The number of rotatable bonds is 4. The summed E-state index contributed by atoms with van der Waals surface area (Å²) in [6.45, 7) is 3.41. The molecule has 1 fully saturated rings. The molecule has 1 aromatic carbocycles. The van der Waals surface area contributed by atoms with Crippen LogP contribution in [0, 0.1) is 12.8 Å². The lowest BCUT2D eigenvalue weighted by Crippen LogP contribution is -2.30. The van der Waals surface area contributed by atoms with E-state index in [2.05, 4.69) is 15.1 Å². The van der Waals surface area contributed by atoms with Crippen LogP contribution in [0.3, 0.4) is 0 Å². The van der Waals surface area contributed by atoms with Crippen molar-refractivity contribution in [3.8, 4) is 0 Å². The van der Waals surface area contributed by atoms with Gasteiger partial charge in [-0.1, -0.05) is 29.4 Å².